The molecule has 1 atom stereocenters. The summed E-state index contributed by atoms with van der Waals surface area (Å²) in [6, 6.07) is 1.49. The minimum Gasteiger partial charge on any atom is -0.493 e. The molecule has 11 heteroatoms. The highest BCUT2D eigenvalue weighted by Crippen LogP contribution is 2.49. The minimum atomic E-state index is -4.94. The molecule has 0 amide bonds. The first-order chi connectivity index (χ1) is 14.0. The second-order valence-electron chi connectivity index (χ2n) is 6.21. The fraction of sp³-hybridized carbons (Fsp3) is 0.421. The van der Waals surface area contributed by atoms with Crippen molar-refractivity contribution >= 4 is 23.2 Å². The summed E-state index contributed by atoms with van der Waals surface area (Å²) in [4.78, 5) is 3.74. The molecule has 0 aliphatic carbocycles. The molecule has 0 bridgehead atoms. The summed E-state index contributed by atoms with van der Waals surface area (Å²) in [5.41, 5.74) is -2.08. The largest absolute Gasteiger partial charge is 0.493 e. The Morgan fingerprint density at radius 1 is 1.03 bits per heavy atom. The van der Waals surface area contributed by atoms with Gasteiger partial charge in [0, 0.05) is 23.3 Å². The summed E-state index contributed by atoms with van der Waals surface area (Å²) in [6.07, 6.45) is -7.26. The Hall–Kier alpha value is -1.94. The van der Waals surface area contributed by atoms with Crippen LogP contribution in [0.2, 0.25) is 10.3 Å². The van der Waals surface area contributed by atoms with Crippen LogP contribution in [0.25, 0.3) is 0 Å². The zero-order chi connectivity index (χ0) is 22.8. The van der Waals surface area contributed by atoms with Crippen LogP contribution in [0.3, 0.4) is 0 Å². The maximum atomic E-state index is 14.0. The first-order valence-corrected chi connectivity index (χ1v) is 9.32. The normalized spacial score (nSPS) is 12.6. The SMILES string of the molecule is COc1cc(C)c(C(O)c2c(Cl)nc(Cl)c(CCO)c2C(F)(F)F)c(OC)c1OC. The molecule has 0 radical (unpaired) electrons. The van der Waals surface area contributed by atoms with Gasteiger partial charge in [-0.3, -0.25) is 0 Å². The van der Waals surface area contributed by atoms with Gasteiger partial charge < -0.3 is 24.4 Å². The molecule has 2 aromatic rings. The third-order valence-corrected chi connectivity index (χ3v) is 5.11. The molecule has 2 rings (SSSR count). The zero-order valence-electron chi connectivity index (χ0n) is 16.5. The van der Waals surface area contributed by atoms with Gasteiger partial charge in [-0.05, 0) is 25.0 Å². The van der Waals surface area contributed by atoms with Crippen molar-refractivity contribution in [1.29, 1.82) is 0 Å². The van der Waals surface area contributed by atoms with Gasteiger partial charge >= 0.3 is 6.18 Å². The molecular formula is C19H20Cl2F3NO5. The Morgan fingerprint density at radius 3 is 2.10 bits per heavy atom. The molecule has 6 nitrogen and oxygen atoms in total. The number of hydrogen-bond donors (Lipinski definition) is 2. The number of aliphatic hydroxyl groups is 2. The summed E-state index contributed by atoms with van der Waals surface area (Å²) >= 11 is 11.9. The molecule has 0 aliphatic heterocycles. The number of benzene rings is 1. The Labute approximate surface area is 181 Å². The first-order valence-electron chi connectivity index (χ1n) is 8.56. The quantitative estimate of drug-likeness (QED) is 0.586. The lowest BCUT2D eigenvalue weighted by molar-refractivity contribution is -0.139. The lowest BCUT2D eigenvalue weighted by Crippen LogP contribution is -2.20. The summed E-state index contributed by atoms with van der Waals surface area (Å²) in [5, 5.41) is 19.1. The van der Waals surface area contributed by atoms with E-state index in [9.17, 15) is 23.4 Å². The number of pyridine rings is 1. The standard InChI is InChI=1S/C19H20Cl2F3NO5/c1-8-7-10(28-2)15(29-3)16(30-4)11(8)14(27)12-13(19(22,23)24)9(5-6-26)17(20)25-18(12)21/h7,14,26-27H,5-6H2,1-4H3. The van der Waals surface area contributed by atoms with E-state index in [1.165, 1.54) is 27.4 Å². The highest BCUT2D eigenvalue weighted by Gasteiger charge is 2.42. The van der Waals surface area contributed by atoms with Crippen LogP contribution in [0.5, 0.6) is 17.2 Å². The summed E-state index contributed by atoms with van der Waals surface area (Å²) in [5.74, 6) is 0.326. The van der Waals surface area contributed by atoms with Crippen LogP contribution in [-0.4, -0.2) is 43.1 Å². The topological polar surface area (TPSA) is 81.0 Å². The molecule has 0 fully saturated rings. The number of nitrogens with zero attached hydrogens (tertiary/aromatic N) is 1. The third-order valence-electron chi connectivity index (χ3n) is 4.51. The number of aryl methyl sites for hydroxylation is 1. The van der Waals surface area contributed by atoms with Gasteiger partial charge in [-0.15, -0.1) is 0 Å². The molecule has 1 aromatic heterocycles. The Bertz CT molecular complexity index is 938. The van der Waals surface area contributed by atoms with Crippen molar-refractivity contribution in [2.75, 3.05) is 27.9 Å². The van der Waals surface area contributed by atoms with E-state index < -0.39 is 52.3 Å². The molecule has 1 heterocycles. The van der Waals surface area contributed by atoms with E-state index in [4.69, 9.17) is 37.4 Å². The monoisotopic (exact) mass is 469 g/mol. The van der Waals surface area contributed by atoms with Crippen molar-refractivity contribution in [2.45, 2.75) is 25.6 Å². The van der Waals surface area contributed by atoms with Crippen LogP contribution in [0.1, 0.15) is 33.9 Å². The number of alkyl halides is 3. The van der Waals surface area contributed by atoms with Crippen molar-refractivity contribution in [3.8, 4) is 17.2 Å². The van der Waals surface area contributed by atoms with Crippen molar-refractivity contribution in [1.82, 2.24) is 4.98 Å². The van der Waals surface area contributed by atoms with Gasteiger partial charge in [0.15, 0.2) is 11.5 Å². The fourth-order valence-electron chi connectivity index (χ4n) is 3.28. The van der Waals surface area contributed by atoms with E-state index in [0.717, 1.165) is 0 Å². The lowest BCUT2D eigenvalue weighted by Gasteiger charge is -2.25. The van der Waals surface area contributed by atoms with Gasteiger partial charge in [0.25, 0.3) is 0 Å². The molecular weight excluding hydrogens is 450 g/mol. The Kier molecular flexibility index (Phi) is 7.68. The number of halogens is 5. The molecule has 0 saturated carbocycles. The summed E-state index contributed by atoms with van der Waals surface area (Å²) in [7, 11) is 3.98. The van der Waals surface area contributed by atoms with E-state index in [0.29, 0.717) is 5.56 Å². The van der Waals surface area contributed by atoms with Crippen LogP contribution >= 0.6 is 23.2 Å². The Morgan fingerprint density at radius 2 is 1.63 bits per heavy atom. The molecule has 0 spiro atoms. The van der Waals surface area contributed by atoms with Crippen molar-refractivity contribution in [3.05, 3.63) is 44.2 Å². The van der Waals surface area contributed by atoms with Crippen LogP contribution in [0, 0.1) is 6.92 Å². The molecule has 2 N–H and O–H groups in total. The molecule has 1 aromatic carbocycles. The van der Waals surface area contributed by atoms with E-state index >= 15 is 0 Å². The molecule has 1 unspecified atom stereocenters. The average Bonchev–Trinajstić information content (AvgIpc) is 2.67. The van der Waals surface area contributed by atoms with Crippen molar-refractivity contribution in [2.24, 2.45) is 0 Å². The van der Waals surface area contributed by atoms with Gasteiger partial charge in [-0.2, -0.15) is 13.2 Å². The average molecular weight is 470 g/mol. The predicted octanol–water partition coefficient (Wildman–Crippen LogP) is 4.36. The van der Waals surface area contributed by atoms with E-state index in [1.54, 1.807) is 6.92 Å². The van der Waals surface area contributed by atoms with Crippen LogP contribution in [0.4, 0.5) is 13.2 Å². The van der Waals surface area contributed by atoms with Crippen molar-refractivity contribution < 1.29 is 37.6 Å². The second-order valence-corrected chi connectivity index (χ2v) is 6.93. The van der Waals surface area contributed by atoms with Crippen LogP contribution in [0.15, 0.2) is 6.07 Å². The number of aliphatic hydroxyl groups excluding tert-OH is 2. The predicted molar refractivity (Wildman–Crippen MR) is 105 cm³/mol. The number of ether oxygens (including phenoxy) is 3. The smallest absolute Gasteiger partial charge is 0.417 e. The van der Waals surface area contributed by atoms with Crippen LogP contribution < -0.4 is 14.2 Å². The van der Waals surface area contributed by atoms with E-state index in [-0.39, 0.29) is 22.8 Å². The fourth-order valence-corrected chi connectivity index (χ4v) is 3.88. The second kappa shape index (κ2) is 9.47. The third kappa shape index (κ3) is 4.39. The van der Waals surface area contributed by atoms with Crippen LogP contribution in [-0.2, 0) is 12.6 Å². The highest BCUT2D eigenvalue weighted by atomic mass is 35.5. The minimum absolute atomic E-state index is 0.0124. The van der Waals surface area contributed by atoms with E-state index in [2.05, 4.69) is 4.98 Å². The summed E-state index contributed by atoms with van der Waals surface area (Å²) < 4.78 is 57.8. The summed E-state index contributed by atoms with van der Waals surface area (Å²) in [6.45, 7) is 0.947. The maximum absolute atomic E-state index is 14.0. The molecule has 166 valence electrons. The number of rotatable bonds is 7. The van der Waals surface area contributed by atoms with Gasteiger partial charge in [-0.25, -0.2) is 4.98 Å². The Balaban J connectivity index is 2.91. The molecule has 30 heavy (non-hydrogen) atoms. The molecule has 0 aliphatic rings. The number of hydrogen-bond acceptors (Lipinski definition) is 6. The van der Waals surface area contributed by atoms with E-state index in [1.807, 2.05) is 0 Å². The van der Waals surface area contributed by atoms with Crippen molar-refractivity contribution in [3.63, 3.8) is 0 Å². The maximum Gasteiger partial charge on any atom is 0.417 e. The number of aromatic nitrogens is 1. The number of methoxy groups -OCH3 is 3. The van der Waals surface area contributed by atoms with Gasteiger partial charge in [-0.1, -0.05) is 23.2 Å². The highest BCUT2D eigenvalue weighted by molar-refractivity contribution is 6.33. The van der Waals surface area contributed by atoms with Gasteiger partial charge in [0.05, 0.1) is 26.9 Å². The van der Waals surface area contributed by atoms with Gasteiger partial charge in [0.1, 0.15) is 16.4 Å². The van der Waals surface area contributed by atoms with Gasteiger partial charge in [0.2, 0.25) is 5.75 Å². The first kappa shape index (κ1) is 24.3. The molecule has 0 saturated heterocycles. The zero-order valence-corrected chi connectivity index (χ0v) is 18.0. The lowest BCUT2D eigenvalue weighted by atomic mass is 9.91.